The fourth-order valence-electron chi connectivity index (χ4n) is 1.18. The third-order valence-corrected chi connectivity index (χ3v) is 3.06. The van der Waals surface area contributed by atoms with Crippen molar-refractivity contribution < 1.29 is 5.11 Å². The molecule has 0 aromatic carbocycles. The van der Waals surface area contributed by atoms with E-state index >= 15 is 0 Å². The molecule has 0 bridgehead atoms. The lowest BCUT2D eigenvalue weighted by molar-refractivity contribution is 0.186. The molecule has 1 heterocycles. The maximum absolute atomic E-state index is 10.2. The number of thioether (sulfide) groups is 1. The van der Waals surface area contributed by atoms with Crippen LogP contribution in [0.3, 0.4) is 0 Å². The van der Waals surface area contributed by atoms with Crippen molar-refractivity contribution in [3.63, 3.8) is 0 Å². The van der Waals surface area contributed by atoms with Crippen LogP contribution in [-0.2, 0) is 5.11 Å². The highest BCUT2D eigenvalue weighted by atomic mass is 32.2. The first-order valence-electron chi connectivity index (χ1n) is 5.04. The van der Waals surface area contributed by atoms with Gasteiger partial charge in [0.05, 0.1) is 6.61 Å². The highest BCUT2D eigenvalue weighted by Gasteiger charge is 1.93. The van der Waals surface area contributed by atoms with Gasteiger partial charge in [0.25, 0.3) is 0 Å². The molecule has 0 N–H and O–H groups in total. The minimum atomic E-state index is 0.0809. The first-order valence-corrected chi connectivity index (χ1v) is 6.03. The molecule has 0 saturated heterocycles. The molecule has 0 spiro atoms. The van der Waals surface area contributed by atoms with E-state index in [1.165, 1.54) is 17.7 Å². The van der Waals surface area contributed by atoms with Gasteiger partial charge in [0.15, 0.2) is 0 Å². The van der Waals surface area contributed by atoms with E-state index in [0.29, 0.717) is 0 Å². The Morgan fingerprint density at radius 1 is 1.07 bits per heavy atom. The number of aromatic nitrogens is 1. The molecule has 1 radical (unpaired) electrons. The first kappa shape index (κ1) is 11.5. The van der Waals surface area contributed by atoms with Gasteiger partial charge in [-0.2, -0.15) is 0 Å². The summed E-state index contributed by atoms with van der Waals surface area (Å²) < 4.78 is 0. The predicted octanol–water partition coefficient (Wildman–Crippen LogP) is 3.16. The summed E-state index contributed by atoms with van der Waals surface area (Å²) in [6.45, 7) is 0.0809. The van der Waals surface area contributed by atoms with Gasteiger partial charge in [-0.25, -0.2) is 5.11 Å². The molecule has 77 valence electrons. The average Bonchev–Trinajstić information content (AvgIpc) is 2.25. The number of hydrogen-bond donors (Lipinski definition) is 0. The summed E-state index contributed by atoms with van der Waals surface area (Å²) in [5, 5.41) is 10.2. The van der Waals surface area contributed by atoms with Crippen molar-refractivity contribution in [3.8, 4) is 0 Å². The van der Waals surface area contributed by atoms with Gasteiger partial charge in [-0.3, -0.25) is 4.98 Å². The Morgan fingerprint density at radius 3 is 2.50 bits per heavy atom. The van der Waals surface area contributed by atoms with Crippen LogP contribution in [0.1, 0.15) is 25.7 Å². The lowest BCUT2D eigenvalue weighted by Crippen LogP contribution is -1.84. The van der Waals surface area contributed by atoms with Gasteiger partial charge in [0.1, 0.15) is 0 Å². The molecule has 0 fully saturated rings. The van der Waals surface area contributed by atoms with E-state index in [-0.39, 0.29) is 6.61 Å². The summed E-state index contributed by atoms with van der Waals surface area (Å²) in [6, 6.07) is 4.06. The first-order chi connectivity index (χ1) is 6.93. The number of unbranched alkanes of at least 4 members (excludes halogenated alkanes) is 3. The smallest absolute Gasteiger partial charge is 0.0822 e. The number of hydrogen-bond acceptors (Lipinski definition) is 2. The second kappa shape index (κ2) is 7.83. The van der Waals surface area contributed by atoms with Crippen LogP contribution in [0, 0.1) is 0 Å². The third kappa shape index (κ3) is 5.25. The van der Waals surface area contributed by atoms with Crippen LogP contribution in [0.2, 0.25) is 0 Å². The summed E-state index contributed by atoms with van der Waals surface area (Å²) in [5.41, 5.74) is 0. The van der Waals surface area contributed by atoms with Crippen molar-refractivity contribution in [2.24, 2.45) is 0 Å². The minimum Gasteiger partial charge on any atom is -0.265 e. The summed E-state index contributed by atoms with van der Waals surface area (Å²) in [6.07, 6.45) is 7.94. The van der Waals surface area contributed by atoms with Crippen LogP contribution in [0.5, 0.6) is 0 Å². The zero-order valence-electron chi connectivity index (χ0n) is 8.32. The molecule has 0 atom stereocenters. The van der Waals surface area contributed by atoms with Crippen molar-refractivity contribution in [2.75, 3.05) is 12.4 Å². The van der Waals surface area contributed by atoms with Gasteiger partial charge in [-0.15, -0.1) is 11.8 Å². The Labute approximate surface area is 89.8 Å². The summed E-state index contributed by atoms with van der Waals surface area (Å²) in [7, 11) is 0. The molecule has 1 aromatic rings. The second-order valence-corrected chi connectivity index (χ2v) is 4.32. The Morgan fingerprint density at radius 2 is 1.79 bits per heavy atom. The van der Waals surface area contributed by atoms with Gasteiger partial charge in [0.2, 0.25) is 0 Å². The van der Waals surface area contributed by atoms with Crippen molar-refractivity contribution in [3.05, 3.63) is 24.5 Å². The second-order valence-electron chi connectivity index (χ2n) is 3.15. The Balaban J connectivity index is 1.99. The quantitative estimate of drug-likeness (QED) is 0.511. The summed E-state index contributed by atoms with van der Waals surface area (Å²) in [4.78, 5) is 5.25. The molecule has 14 heavy (non-hydrogen) atoms. The van der Waals surface area contributed by atoms with Crippen molar-refractivity contribution in [1.29, 1.82) is 0 Å². The minimum absolute atomic E-state index is 0.0809. The molecule has 0 saturated carbocycles. The maximum Gasteiger partial charge on any atom is 0.0822 e. The Bertz CT molecular complexity index is 228. The number of pyridine rings is 1. The molecule has 0 aliphatic carbocycles. The lowest BCUT2D eigenvalue weighted by atomic mass is 10.2. The fraction of sp³-hybridized carbons (Fsp3) is 0.545. The van der Waals surface area contributed by atoms with E-state index in [1.807, 2.05) is 36.3 Å². The lowest BCUT2D eigenvalue weighted by Gasteiger charge is -2.00. The maximum atomic E-state index is 10.2. The largest absolute Gasteiger partial charge is 0.265 e. The van der Waals surface area contributed by atoms with E-state index in [1.54, 1.807) is 0 Å². The molecule has 1 aromatic heterocycles. The molecular weight excluding hydrogens is 194 g/mol. The van der Waals surface area contributed by atoms with Crippen LogP contribution in [0.15, 0.2) is 29.4 Å². The molecule has 0 aliphatic rings. The molecule has 0 amide bonds. The standard InChI is InChI=1S/C11H16NOS/c13-9-3-1-2-4-10-14-11-5-7-12-8-6-11/h5-8H,1-4,9-10H2. The SMILES string of the molecule is [O]CCCCCCSc1ccncc1. The van der Waals surface area contributed by atoms with Crippen LogP contribution in [0.25, 0.3) is 0 Å². The monoisotopic (exact) mass is 210 g/mol. The highest BCUT2D eigenvalue weighted by Crippen LogP contribution is 2.18. The van der Waals surface area contributed by atoms with Crippen molar-refractivity contribution >= 4 is 11.8 Å². The molecule has 1 rings (SSSR count). The van der Waals surface area contributed by atoms with E-state index in [2.05, 4.69) is 4.98 Å². The van der Waals surface area contributed by atoms with Crippen molar-refractivity contribution in [1.82, 2.24) is 4.98 Å². The van der Waals surface area contributed by atoms with E-state index in [9.17, 15) is 5.11 Å². The van der Waals surface area contributed by atoms with Gasteiger partial charge < -0.3 is 0 Å². The van der Waals surface area contributed by atoms with Crippen molar-refractivity contribution in [2.45, 2.75) is 30.6 Å². The zero-order chi connectivity index (χ0) is 10.1. The molecule has 3 heteroatoms. The van der Waals surface area contributed by atoms with Crippen LogP contribution < -0.4 is 0 Å². The topological polar surface area (TPSA) is 32.8 Å². The molecule has 2 nitrogen and oxygen atoms in total. The summed E-state index contributed by atoms with van der Waals surface area (Å²) >= 11 is 1.86. The average molecular weight is 210 g/mol. The molecule has 0 unspecified atom stereocenters. The van der Waals surface area contributed by atoms with Gasteiger partial charge >= 0.3 is 0 Å². The third-order valence-electron chi connectivity index (χ3n) is 1.96. The molecular formula is C11H16NOS. The fourth-order valence-corrected chi connectivity index (χ4v) is 2.08. The Hall–Kier alpha value is -0.540. The van der Waals surface area contributed by atoms with E-state index in [0.717, 1.165) is 18.6 Å². The van der Waals surface area contributed by atoms with Gasteiger partial charge in [-0.05, 0) is 30.7 Å². The van der Waals surface area contributed by atoms with E-state index < -0.39 is 0 Å². The van der Waals surface area contributed by atoms with Crippen LogP contribution >= 0.6 is 11.8 Å². The van der Waals surface area contributed by atoms with Gasteiger partial charge in [-0.1, -0.05) is 12.8 Å². The number of rotatable bonds is 7. The van der Waals surface area contributed by atoms with Crippen LogP contribution in [0.4, 0.5) is 0 Å². The zero-order valence-corrected chi connectivity index (χ0v) is 9.13. The normalized spacial score (nSPS) is 10.4. The predicted molar refractivity (Wildman–Crippen MR) is 59.0 cm³/mol. The number of nitrogens with zero attached hydrogens (tertiary/aromatic N) is 1. The summed E-state index contributed by atoms with van der Waals surface area (Å²) in [5.74, 6) is 1.14. The van der Waals surface area contributed by atoms with Crippen LogP contribution in [-0.4, -0.2) is 17.3 Å². The van der Waals surface area contributed by atoms with E-state index in [4.69, 9.17) is 0 Å². The Kier molecular flexibility index (Phi) is 6.45. The molecule has 0 aliphatic heterocycles. The van der Waals surface area contributed by atoms with Gasteiger partial charge in [0, 0.05) is 17.3 Å². The highest BCUT2D eigenvalue weighted by molar-refractivity contribution is 7.99.